The highest BCUT2D eigenvalue weighted by molar-refractivity contribution is 6.13. The summed E-state index contributed by atoms with van der Waals surface area (Å²) in [7, 11) is 0. The number of hydrogen-bond acceptors (Lipinski definition) is 2. The summed E-state index contributed by atoms with van der Waals surface area (Å²) in [5.41, 5.74) is 6.23. The van der Waals surface area contributed by atoms with Crippen LogP contribution in [0.25, 0.3) is 21.9 Å². The number of ether oxygens (including phenoxy) is 1. The first-order chi connectivity index (χ1) is 9.09. The highest BCUT2D eigenvalue weighted by Crippen LogP contribution is 2.43. The van der Waals surface area contributed by atoms with Gasteiger partial charge in [0.15, 0.2) is 0 Å². The van der Waals surface area contributed by atoms with E-state index < -0.39 is 0 Å². The summed E-state index contributed by atoms with van der Waals surface area (Å²) in [5.74, 6) is -0.239. The van der Waals surface area contributed by atoms with Crippen LogP contribution in [-0.4, -0.2) is 5.97 Å². The van der Waals surface area contributed by atoms with Crippen molar-refractivity contribution >= 4 is 27.9 Å². The SMILES string of the molecule is CC(=O)OCc1ccc2cccc3c2c1C(C)=C3C. The molecule has 1 aliphatic carbocycles. The molecule has 0 N–H and O–H groups in total. The molecule has 3 rings (SSSR count). The van der Waals surface area contributed by atoms with Crippen molar-refractivity contribution in [1.29, 1.82) is 0 Å². The molecular weight excluding hydrogens is 236 g/mol. The molecule has 0 saturated heterocycles. The van der Waals surface area contributed by atoms with Crippen LogP contribution >= 0.6 is 0 Å². The summed E-state index contributed by atoms with van der Waals surface area (Å²) in [4.78, 5) is 11.0. The second kappa shape index (κ2) is 4.23. The third-order valence-corrected chi connectivity index (χ3v) is 3.90. The third kappa shape index (κ3) is 1.75. The van der Waals surface area contributed by atoms with Crippen LogP contribution in [0.4, 0.5) is 0 Å². The van der Waals surface area contributed by atoms with Crippen molar-refractivity contribution in [3.8, 4) is 0 Å². The van der Waals surface area contributed by atoms with Gasteiger partial charge in [0, 0.05) is 6.92 Å². The summed E-state index contributed by atoms with van der Waals surface area (Å²) in [6, 6.07) is 10.5. The number of esters is 1. The van der Waals surface area contributed by atoms with Crippen LogP contribution in [0.2, 0.25) is 0 Å². The molecule has 0 amide bonds. The van der Waals surface area contributed by atoms with Crippen LogP contribution in [-0.2, 0) is 16.1 Å². The predicted octanol–water partition coefficient (Wildman–Crippen LogP) is 4.17. The van der Waals surface area contributed by atoms with E-state index in [9.17, 15) is 4.79 Å². The number of hydrogen-bond donors (Lipinski definition) is 0. The molecule has 1 aliphatic rings. The van der Waals surface area contributed by atoms with Gasteiger partial charge >= 0.3 is 5.97 Å². The summed E-state index contributed by atoms with van der Waals surface area (Å²) in [5, 5.41) is 2.54. The molecule has 2 heteroatoms. The van der Waals surface area contributed by atoms with Gasteiger partial charge in [-0.25, -0.2) is 0 Å². The van der Waals surface area contributed by atoms with Crippen LogP contribution in [0, 0.1) is 0 Å². The maximum atomic E-state index is 11.0. The molecule has 0 bridgehead atoms. The Labute approximate surface area is 112 Å². The van der Waals surface area contributed by atoms with Gasteiger partial charge < -0.3 is 4.74 Å². The minimum atomic E-state index is -0.239. The van der Waals surface area contributed by atoms with Crippen molar-refractivity contribution in [2.24, 2.45) is 0 Å². The van der Waals surface area contributed by atoms with Gasteiger partial charge in [0.2, 0.25) is 0 Å². The summed E-state index contributed by atoms with van der Waals surface area (Å²) < 4.78 is 5.16. The van der Waals surface area contributed by atoms with Crippen LogP contribution in [0.15, 0.2) is 30.3 Å². The Kier molecular flexibility index (Phi) is 2.67. The van der Waals surface area contributed by atoms with E-state index in [0.29, 0.717) is 6.61 Å². The Morgan fingerprint density at radius 2 is 1.89 bits per heavy atom. The lowest BCUT2D eigenvalue weighted by molar-refractivity contribution is -0.142. The van der Waals surface area contributed by atoms with Crippen molar-refractivity contribution in [2.75, 3.05) is 0 Å². The summed E-state index contributed by atoms with van der Waals surface area (Å²) in [6.07, 6.45) is 0. The Morgan fingerprint density at radius 1 is 1.11 bits per heavy atom. The zero-order chi connectivity index (χ0) is 13.6. The van der Waals surface area contributed by atoms with Gasteiger partial charge in [-0.1, -0.05) is 30.3 Å². The zero-order valence-corrected chi connectivity index (χ0v) is 11.4. The lowest BCUT2D eigenvalue weighted by Crippen LogP contribution is -2.01. The second-order valence-electron chi connectivity index (χ2n) is 5.03. The van der Waals surface area contributed by atoms with Gasteiger partial charge in [-0.2, -0.15) is 0 Å². The molecule has 96 valence electrons. The van der Waals surface area contributed by atoms with Gasteiger partial charge in [0.25, 0.3) is 0 Å². The topological polar surface area (TPSA) is 26.3 Å². The highest BCUT2D eigenvalue weighted by Gasteiger charge is 2.21. The monoisotopic (exact) mass is 252 g/mol. The number of allylic oxidation sites excluding steroid dienone is 2. The van der Waals surface area contributed by atoms with Crippen LogP contribution in [0.1, 0.15) is 37.5 Å². The van der Waals surface area contributed by atoms with Crippen molar-refractivity contribution in [1.82, 2.24) is 0 Å². The van der Waals surface area contributed by atoms with Gasteiger partial charge in [-0.3, -0.25) is 4.79 Å². The quantitative estimate of drug-likeness (QED) is 0.750. The largest absolute Gasteiger partial charge is 0.461 e. The van der Waals surface area contributed by atoms with Gasteiger partial charge in [0.05, 0.1) is 0 Å². The highest BCUT2D eigenvalue weighted by atomic mass is 16.5. The Hall–Kier alpha value is -2.09. The first-order valence-corrected chi connectivity index (χ1v) is 6.46. The minimum absolute atomic E-state index is 0.239. The van der Waals surface area contributed by atoms with E-state index in [1.165, 1.54) is 40.0 Å². The van der Waals surface area contributed by atoms with Crippen LogP contribution < -0.4 is 0 Å². The van der Waals surface area contributed by atoms with E-state index in [1.807, 2.05) is 0 Å². The Balaban J connectivity index is 2.23. The molecule has 2 aromatic rings. The molecule has 0 spiro atoms. The minimum Gasteiger partial charge on any atom is -0.461 e. The maximum absolute atomic E-state index is 11.0. The predicted molar refractivity (Wildman–Crippen MR) is 77.6 cm³/mol. The normalized spacial score (nSPS) is 13.2. The molecule has 0 aliphatic heterocycles. The average Bonchev–Trinajstić information content (AvgIpc) is 2.65. The summed E-state index contributed by atoms with van der Waals surface area (Å²) in [6.45, 7) is 6.08. The van der Waals surface area contributed by atoms with E-state index in [4.69, 9.17) is 4.74 Å². The molecule has 0 saturated carbocycles. The van der Waals surface area contributed by atoms with E-state index >= 15 is 0 Å². The fourth-order valence-electron chi connectivity index (χ4n) is 2.85. The Bertz CT molecular complexity index is 723. The molecule has 0 unspecified atom stereocenters. The molecule has 0 fully saturated rings. The van der Waals surface area contributed by atoms with Gasteiger partial charge in [-0.05, 0) is 52.5 Å². The lowest BCUT2D eigenvalue weighted by Gasteiger charge is -2.10. The second-order valence-corrected chi connectivity index (χ2v) is 5.03. The first-order valence-electron chi connectivity index (χ1n) is 6.46. The number of carbonyl (C=O) groups is 1. The van der Waals surface area contributed by atoms with E-state index in [2.05, 4.69) is 44.2 Å². The zero-order valence-electron chi connectivity index (χ0n) is 11.4. The molecule has 0 heterocycles. The lowest BCUT2D eigenvalue weighted by atomic mass is 9.97. The molecular formula is C17H16O2. The molecule has 2 nitrogen and oxygen atoms in total. The fraction of sp³-hybridized carbons (Fsp3) is 0.235. The average molecular weight is 252 g/mol. The van der Waals surface area contributed by atoms with Crippen molar-refractivity contribution < 1.29 is 9.53 Å². The molecule has 2 aromatic carbocycles. The fourth-order valence-corrected chi connectivity index (χ4v) is 2.85. The van der Waals surface area contributed by atoms with Crippen molar-refractivity contribution in [3.63, 3.8) is 0 Å². The maximum Gasteiger partial charge on any atom is 0.302 e. The standard InChI is InChI=1S/C17H16O2/c1-10-11(2)16-14(9-19-12(3)18)8-7-13-5-4-6-15(10)17(13)16/h4-8H,9H2,1-3H3. The molecule has 19 heavy (non-hydrogen) atoms. The molecule has 0 atom stereocenters. The van der Waals surface area contributed by atoms with E-state index in [1.54, 1.807) is 0 Å². The Morgan fingerprint density at radius 3 is 2.63 bits per heavy atom. The third-order valence-electron chi connectivity index (χ3n) is 3.90. The molecule has 0 aromatic heterocycles. The number of rotatable bonds is 2. The van der Waals surface area contributed by atoms with Gasteiger partial charge in [0.1, 0.15) is 6.61 Å². The van der Waals surface area contributed by atoms with Gasteiger partial charge in [-0.15, -0.1) is 0 Å². The van der Waals surface area contributed by atoms with Crippen LogP contribution in [0.5, 0.6) is 0 Å². The van der Waals surface area contributed by atoms with Crippen molar-refractivity contribution in [2.45, 2.75) is 27.4 Å². The van der Waals surface area contributed by atoms with Crippen LogP contribution in [0.3, 0.4) is 0 Å². The van der Waals surface area contributed by atoms with Crippen molar-refractivity contribution in [3.05, 3.63) is 47.0 Å². The number of benzene rings is 2. The summed E-state index contributed by atoms with van der Waals surface area (Å²) >= 11 is 0. The smallest absolute Gasteiger partial charge is 0.302 e. The molecule has 0 radical (unpaired) electrons. The first kappa shape index (κ1) is 12.0. The number of carbonyl (C=O) groups excluding carboxylic acids is 1. The van der Waals surface area contributed by atoms with E-state index in [-0.39, 0.29) is 5.97 Å². The van der Waals surface area contributed by atoms with E-state index in [0.717, 1.165) is 5.56 Å².